The van der Waals surface area contributed by atoms with Crippen molar-refractivity contribution in [3.8, 4) is 22.9 Å². The molecule has 0 spiro atoms. The fraction of sp³-hybridized carbons (Fsp3) is 0.391. The number of aliphatic hydroxyl groups excluding tert-OH is 1. The zero-order valence-electron chi connectivity index (χ0n) is 17.8. The first-order valence-corrected chi connectivity index (χ1v) is 10.7. The van der Waals surface area contributed by atoms with E-state index in [1.165, 1.54) is 0 Å². The Balaban J connectivity index is 1.43. The highest BCUT2D eigenvalue weighted by molar-refractivity contribution is 5.85. The Bertz CT molecular complexity index is 1180. The van der Waals surface area contributed by atoms with Crippen LogP contribution in [0.5, 0.6) is 5.75 Å². The van der Waals surface area contributed by atoms with Crippen LogP contribution in [0.15, 0.2) is 36.8 Å². The number of hydrogen-bond donors (Lipinski definition) is 1. The van der Waals surface area contributed by atoms with Gasteiger partial charge in [0.05, 0.1) is 29.6 Å². The number of ether oxygens (including phenoxy) is 1. The van der Waals surface area contributed by atoms with Crippen LogP contribution >= 0.6 is 0 Å². The maximum Gasteiger partial charge on any atom is 0.219 e. The maximum atomic E-state index is 11.6. The lowest BCUT2D eigenvalue weighted by Crippen LogP contribution is -2.48. The van der Waals surface area contributed by atoms with Crippen LogP contribution < -0.4 is 9.64 Å². The van der Waals surface area contributed by atoms with Gasteiger partial charge in [0.2, 0.25) is 5.91 Å². The Morgan fingerprint density at radius 1 is 1.22 bits per heavy atom. The van der Waals surface area contributed by atoms with Crippen LogP contribution in [0.4, 0.5) is 5.82 Å². The number of nitriles is 1. The molecule has 9 nitrogen and oxygen atoms in total. The van der Waals surface area contributed by atoms with E-state index in [9.17, 15) is 15.2 Å². The molecule has 1 saturated heterocycles. The van der Waals surface area contributed by atoms with Crippen molar-refractivity contribution < 1.29 is 14.6 Å². The van der Waals surface area contributed by atoms with E-state index >= 15 is 0 Å². The molecule has 32 heavy (non-hydrogen) atoms. The van der Waals surface area contributed by atoms with Crippen LogP contribution in [0.3, 0.4) is 0 Å². The van der Waals surface area contributed by atoms with Crippen molar-refractivity contribution in [3.63, 3.8) is 0 Å². The highest BCUT2D eigenvalue weighted by Gasteiger charge is 2.29. The van der Waals surface area contributed by atoms with Gasteiger partial charge in [-0.3, -0.25) is 4.79 Å². The van der Waals surface area contributed by atoms with Crippen LogP contribution in [-0.2, 0) is 4.79 Å². The van der Waals surface area contributed by atoms with Gasteiger partial charge >= 0.3 is 0 Å². The summed E-state index contributed by atoms with van der Waals surface area (Å²) in [6, 6.07) is 8.07. The first kappa shape index (κ1) is 20.3. The van der Waals surface area contributed by atoms with Crippen molar-refractivity contribution in [2.75, 3.05) is 31.1 Å². The molecule has 2 fully saturated rings. The molecular formula is C23H24N6O3. The monoisotopic (exact) mass is 432 g/mol. The largest absolute Gasteiger partial charge is 0.489 e. The minimum Gasteiger partial charge on any atom is -0.489 e. The van der Waals surface area contributed by atoms with E-state index in [-0.39, 0.29) is 18.1 Å². The Hall–Kier alpha value is -3.64. The number of anilines is 1. The molecule has 164 valence electrons. The summed E-state index contributed by atoms with van der Waals surface area (Å²) in [6.07, 6.45) is 6.02. The zero-order chi connectivity index (χ0) is 22.2. The molecule has 0 radical (unpaired) electrons. The number of rotatable bonds is 4. The quantitative estimate of drug-likeness (QED) is 0.670. The van der Waals surface area contributed by atoms with E-state index in [2.05, 4.69) is 21.1 Å². The predicted octanol–water partition coefficient (Wildman–Crippen LogP) is 1.84. The smallest absolute Gasteiger partial charge is 0.219 e. The molecule has 0 atom stereocenters. The summed E-state index contributed by atoms with van der Waals surface area (Å²) in [7, 11) is 0. The summed E-state index contributed by atoms with van der Waals surface area (Å²) in [5.41, 5.74) is 2.86. The first-order valence-electron chi connectivity index (χ1n) is 10.7. The van der Waals surface area contributed by atoms with E-state index in [0.717, 1.165) is 30.0 Å². The number of piperazine rings is 1. The molecule has 0 aromatic carbocycles. The molecule has 2 aliphatic rings. The molecule has 1 aliphatic carbocycles. The normalized spacial score (nSPS) is 20.7. The lowest BCUT2D eigenvalue weighted by Gasteiger charge is -2.34. The fourth-order valence-electron chi connectivity index (χ4n) is 4.27. The van der Waals surface area contributed by atoms with Gasteiger partial charge in [0.25, 0.3) is 0 Å². The first-order chi connectivity index (χ1) is 15.5. The molecule has 1 N–H and O–H groups in total. The van der Waals surface area contributed by atoms with Crippen LogP contribution in [0.2, 0.25) is 0 Å². The molecule has 1 saturated carbocycles. The SMILES string of the molecule is CC(=O)N1CCN(c2ccc(-c3cc(OC4CC(O)C4)cn4ncc(C#N)c34)cn2)CC1. The Labute approximate surface area is 185 Å². The van der Waals surface area contributed by atoms with Crippen molar-refractivity contribution in [2.45, 2.75) is 32.0 Å². The predicted molar refractivity (Wildman–Crippen MR) is 117 cm³/mol. The average Bonchev–Trinajstić information content (AvgIpc) is 3.21. The van der Waals surface area contributed by atoms with Crippen LogP contribution in [-0.4, -0.2) is 68.9 Å². The number of carbonyl (C=O) groups is 1. The summed E-state index contributed by atoms with van der Waals surface area (Å²) in [6.45, 7) is 4.47. The second kappa shape index (κ2) is 8.13. The van der Waals surface area contributed by atoms with Crippen molar-refractivity contribution >= 4 is 17.2 Å². The van der Waals surface area contributed by atoms with Crippen molar-refractivity contribution in [3.05, 3.63) is 42.4 Å². The molecule has 5 rings (SSSR count). The van der Waals surface area contributed by atoms with Crippen LogP contribution in [0.25, 0.3) is 16.6 Å². The van der Waals surface area contributed by atoms with Gasteiger partial charge in [-0.2, -0.15) is 10.4 Å². The van der Waals surface area contributed by atoms with E-state index in [0.29, 0.717) is 42.8 Å². The summed E-state index contributed by atoms with van der Waals surface area (Å²) in [4.78, 5) is 20.2. The van der Waals surface area contributed by atoms with E-state index < -0.39 is 0 Å². The molecule has 4 heterocycles. The van der Waals surface area contributed by atoms with E-state index in [1.54, 1.807) is 30.0 Å². The maximum absolute atomic E-state index is 11.6. The van der Waals surface area contributed by atoms with Gasteiger partial charge in [-0.1, -0.05) is 0 Å². The minimum atomic E-state index is -0.299. The fourth-order valence-corrected chi connectivity index (χ4v) is 4.27. The molecule has 0 bridgehead atoms. The lowest BCUT2D eigenvalue weighted by molar-refractivity contribution is -0.129. The third-order valence-corrected chi connectivity index (χ3v) is 6.19. The number of carbonyl (C=O) groups excluding carboxylic acids is 1. The second-order valence-electron chi connectivity index (χ2n) is 8.32. The van der Waals surface area contributed by atoms with Crippen LogP contribution in [0, 0.1) is 11.3 Å². The summed E-state index contributed by atoms with van der Waals surface area (Å²) < 4.78 is 7.68. The molecule has 1 aliphatic heterocycles. The summed E-state index contributed by atoms with van der Waals surface area (Å²) in [5, 5.41) is 23.4. The number of hydrogen-bond acceptors (Lipinski definition) is 7. The van der Waals surface area contributed by atoms with Gasteiger partial charge in [-0.15, -0.1) is 0 Å². The van der Waals surface area contributed by atoms with Crippen molar-refractivity contribution in [2.24, 2.45) is 0 Å². The van der Waals surface area contributed by atoms with Gasteiger partial charge in [0, 0.05) is 63.3 Å². The topological polar surface area (TPSA) is 107 Å². The third kappa shape index (κ3) is 3.74. The molecule has 0 unspecified atom stereocenters. The molecule has 9 heteroatoms. The van der Waals surface area contributed by atoms with Crippen molar-refractivity contribution in [1.82, 2.24) is 19.5 Å². The van der Waals surface area contributed by atoms with Crippen LogP contribution in [0.1, 0.15) is 25.3 Å². The second-order valence-corrected chi connectivity index (χ2v) is 8.32. The molecule has 3 aromatic heterocycles. The number of pyridine rings is 2. The highest BCUT2D eigenvalue weighted by Crippen LogP contribution is 2.33. The minimum absolute atomic E-state index is 0.0181. The molecular weight excluding hydrogens is 408 g/mol. The van der Waals surface area contributed by atoms with Gasteiger partial charge in [-0.05, 0) is 18.2 Å². The highest BCUT2D eigenvalue weighted by atomic mass is 16.5. The standard InChI is InChI=1S/C23H24N6O3/c1-15(30)27-4-6-28(7-5-27)22-3-2-16(12-25-22)21-10-20(32-19-8-18(31)9-19)14-29-23(21)17(11-24)13-26-29/h2-3,10,12-14,18-19,31H,4-9H2,1H3. The average molecular weight is 432 g/mol. The van der Waals surface area contributed by atoms with Gasteiger partial charge in [0.15, 0.2) is 0 Å². The van der Waals surface area contributed by atoms with E-state index in [4.69, 9.17) is 4.74 Å². The Morgan fingerprint density at radius 3 is 2.62 bits per heavy atom. The molecule has 1 amide bonds. The number of aliphatic hydroxyl groups is 1. The Morgan fingerprint density at radius 2 is 2.00 bits per heavy atom. The van der Waals surface area contributed by atoms with Crippen molar-refractivity contribution in [1.29, 1.82) is 5.26 Å². The zero-order valence-corrected chi connectivity index (χ0v) is 17.8. The number of aromatic nitrogens is 3. The molecule has 3 aromatic rings. The van der Waals surface area contributed by atoms with Gasteiger partial charge in [0.1, 0.15) is 23.7 Å². The summed E-state index contributed by atoms with van der Waals surface area (Å²) in [5.74, 6) is 1.60. The van der Waals surface area contributed by atoms with E-state index in [1.807, 2.05) is 23.1 Å². The lowest BCUT2D eigenvalue weighted by atomic mass is 9.92. The Kier molecular flexibility index (Phi) is 5.15. The summed E-state index contributed by atoms with van der Waals surface area (Å²) >= 11 is 0. The number of amides is 1. The van der Waals surface area contributed by atoms with Gasteiger partial charge in [-0.25, -0.2) is 9.50 Å². The third-order valence-electron chi connectivity index (χ3n) is 6.19. The number of nitrogens with zero attached hydrogens (tertiary/aromatic N) is 6. The number of fused-ring (bicyclic) bond motifs is 1. The van der Waals surface area contributed by atoms with Gasteiger partial charge < -0.3 is 19.6 Å².